The minimum Gasteiger partial charge on any atom is -0.457 e. The summed E-state index contributed by atoms with van der Waals surface area (Å²) < 4.78 is 13.9. The maximum atomic E-state index is 13.2. The van der Waals surface area contributed by atoms with Gasteiger partial charge in [0.15, 0.2) is 5.65 Å². The first-order valence-electron chi connectivity index (χ1n) is 15.7. The average Bonchev–Trinajstić information content (AvgIpc) is 3.40. The number of anilines is 1. The Balaban J connectivity index is 1.26. The highest BCUT2D eigenvalue weighted by atomic mass is 16.5. The molecular formula is C35H45N7O3. The highest BCUT2D eigenvalue weighted by Crippen LogP contribution is 2.35. The summed E-state index contributed by atoms with van der Waals surface area (Å²) in [5.74, 6) is 1.82. The number of fused-ring (bicyclic) bond motifs is 1. The molecule has 4 N–H and O–H groups in total. The molecule has 0 spiro atoms. The molecule has 238 valence electrons. The van der Waals surface area contributed by atoms with E-state index >= 15 is 0 Å². The molecule has 1 fully saturated rings. The molecule has 1 unspecified atom stereocenters. The molecule has 2 aromatic heterocycles. The van der Waals surface area contributed by atoms with Crippen LogP contribution in [0, 0.1) is 0 Å². The molecule has 1 amide bonds. The topological polar surface area (TPSA) is 134 Å². The van der Waals surface area contributed by atoms with E-state index in [1.54, 1.807) is 12.2 Å². The standard InChI is InChI=1S/C35H45N7O3/c1-34(2,37)19-10-20-35(3,4)44-22-9-14-29(43)41-21-8-11-26(23-41)42-33-30(32(36)38-24-39-33)31(40-42)25-15-17-28(18-16-25)45-27-12-6-5-7-13-27/h5-7,9,12-18,24,26H,8,10-11,19-23,37H2,1-4H3,(H2,36,38,39)/b14-9+. The molecule has 1 atom stereocenters. The Kier molecular flexibility index (Phi) is 9.84. The molecule has 1 saturated heterocycles. The number of hydrogen-bond acceptors (Lipinski definition) is 8. The SMILES string of the molecule is CC(C)(N)CCCC(C)(C)OC/C=C/C(=O)N1CCCC(n2nc(-c3ccc(Oc4ccccc4)cc3)c3c(N)ncnc32)C1. The Bertz CT molecular complexity index is 1610. The molecule has 4 aromatic rings. The lowest BCUT2D eigenvalue weighted by Crippen LogP contribution is -2.40. The Morgan fingerprint density at radius 3 is 2.49 bits per heavy atom. The highest BCUT2D eigenvalue weighted by Gasteiger charge is 2.28. The van der Waals surface area contributed by atoms with Crippen LogP contribution in [0.25, 0.3) is 22.3 Å². The quantitative estimate of drug-likeness (QED) is 0.179. The van der Waals surface area contributed by atoms with Gasteiger partial charge in [-0.1, -0.05) is 24.3 Å². The number of carbonyl (C=O) groups is 1. The van der Waals surface area contributed by atoms with Crippen LogP contribution in [0.3, 0.4) is 0 Å². The van der Waals surface area contributed by atoms with Crippen molar-refractivity contribution in [1.29, 1.82) is 0 Å². The predicted molar refractivity (Wildman–Crippen MR) is 178 cm³/mol. The van der Waals surface area contributed by atoms with Crippen molar-refractivity contribution in [2.75, 3.05) is 25.4 Å². The van der Waals surface area contributed by atoms with Gasteiger partial charge in [0.05, 0.1) is 23.6 Å². The number of nitrogen functional groups attached to an aromatic ring is 1. The van der Waals surface area contributed by atoms with Crippen molar-refractivity contribution < 1.29 is 14.3 Å². The number of aromatic nitrogens is 4. The van der Waals surface area contributed by atoms with Crippen molar-refractivity contribution in [3.63, 3.8) is 0 Å². The normalized spacial score (nSPS) is 16.0. The third-order valence-corrected chi connectivity index (χ3v) is 8.11. The minimum absolute atomic E-state index is 0.0363. The second-order valence-electron chi connectivity index (χ2n) is 13.1. The first-order valence-corrected chi connectivity index (χ1v) is 15.7. The lowest BCUT2D eigenvalue weighted by molar-refractivity contribution is -0.127. The summed E-state index contributed by atoms with van der Waals surface area (Å²) in [6.07, 6.45) is 9.44. The van der Waals surface area contributed by atoms with E-state index < -0.39 is 0 Å². The summed E-state index contributed by atoms with van der Waals surface area (Å²) in [6.45, 7) is 9.82. The molecule has 10 nitrogen and oxygen atoms in total. The molecule has 0 bridgehead atoms. The molecule has 1 aliphatic rings. The summed E-state index contributed by atoms with van der Waals surface area (Å²) in [6, 6.07) is 17.3. The van der Waals surface area contributed by atoms with Gasteiger partial charge in [0.25, 0.3) is 0 Å². The van der Waals surface area contributed by atoms with Gasteiger partial charge in [0, 0.05) is 30.3 Å². The number of rotatable bonds is 12. The van der Waals surface area contributed by atoms with Gasteiger partial charge < -0.3 is 25.8 Å². The monoisotopic (exact) mass is 611 g/mol. The zero-order valence-corrected chi connectivity index (χ0v) is 26.8. The van der Waals surface area contributed by atoms with Crippen LogP contribution in [0.5, 0.6) is 11.5 Å². The highest BCUT2D eigenvalue weighted by molar-refractivity contribution is 5.98. The van der Waals surface area contributed by atoms with Crippen LogP contribution in [-0.4, -0.2) is 61.4 Å². The lowest BCUT2D eigenvalue weighted by Gasteiger charge is -2.32. The largest absolute Gasteiger partial charge is 0.457 e. The van der Waals surface area contributed by atoms with Gasteiger partial charge in [-0.05, 0) is 96.2 Å². The van der Waals surface area contributed by atoms with Crippen molar-refractivity contribution in [1.82, 2.24) is 24.6 Å². The zero-order valence-electron chi connectivity index (χ0n) is 26.8. The van der Waals surface area contributed by atoms with Gasteiger partial charge in [-0.15, -0.1) is 0 Å². The summed E-state index contributed by atoms with van der Waals surface area (Å²) in [7, 11) is 0. The van der Waals surface area contributed by atoms with Gasteiger partial charge >= 0.3 is 0 Å². The van der Waals surface area contributed by atoms with Crippen molar-refractivity contribution >= 4 is 22.8 Å². The lowest BCUT2D eigenvalue weighted by atomic mass is 9.93. The summed E-state index contributed by atoms with van der Waals surface area (Å²) in [4.78, 5) is 23.9. The van der Waals surface area contributed by atoms with Crippen LogP contribution in [0.4, 0.5) is 5.82 Å². The van der Waals surface area contributed by atoms with Gasteiger partial charge in [-0.3, -0.25) is 4.79 Å². The number of amides is 1. The van der Waals surface area contributed by atoms with Crippen molar-refractivity contribution in [2.24, 2.45) is 5.73 Å². The van der Waals surface area contributed by atoms with Gasteiger partial charge in [0.1, 0.15) is 29.3 Å². The first-order chi connectivity index (χ1) is 21.5. The Hall–Kier alpha value is -4.28. The zero-order chi connectivity index (χ0) is 32.0. The third-order valence-electron chi connectivity index (χ3n) is 8.11. The molecule has 2 aromatic carbocycles. The number of nitrogens with zero attached hydrogens (tertiary/aromatic N) is 5. The number of benzene rings is 2. The number of likely N-dealkylation sites (tertiary alicyclic amines) is 1. The van der Waals surface area contributed by atoms with E-state index in [4.69, 9.17) is 26.0 Å². The van der Waals surface area contributed by atoms with E-state index in [2.05, 4.69) is 23.8 Å². The van der Waals surface area contributed by atoms with E-state index in [9.17, 15) is 4.79 Å². The van der Waals surface area contributed by atoms with Crippen molar-refractivity contribution in [3.05, 3.63) is 73.1 Å². The van der Waals surface area contributed by atoms with Gasteiger partial charge in [0.2, 0.25) is 5.91 Å². The molecule has 3 heterocycles. The van der Waals surface area contributed by atoms with Crippen molar-refractivity contribution in [3.8, 4) is 22.8 Å². The predicted octanol–water partition coefficient (Wildman–Crippen LogP) is 6.29. The molecule has 45 heavy (non-hydrogen) atoms. The van der Waals surface area contributed by atoms with Gasteiger partial charge in [-0.25, -0.2) is 14.6 Å². The molecule has 0 radical (unpaired) electrons. The van der Waals surface area contributed by atoms with Crippen LogP contribution < -0.4 is 16.2 Å². The average molecular weight is 612 g/mol. The van der Waals surface area contributed by atoms with E-state index in [1.165, 1.54) is 6.33 Å². The van der Waals surface area contributed by atoms with E-state index in [-0.39, 0.29) is 23.1 Å². The minimum atomic E-state index is -0.285. The van der Waals surface area contributed by atoms with Gasteiger partial charge in [-0.2, -0.15) is 5.10 Å². The summed E-state index contributed by atoms with van der Waals surface area (Å²) >= 11 is 0. The smallest absolute Gasteiger partial charge is 0.246 e. The maximum absolute atomic E-state index is 13.2. The fraction of sp³-hybridized carbons (Fsp3) is 0.429. The number of carbonyl (C=O) groups excluding carboxylic acids is 1. The first kappa shape index (κ1) is 32.1. The summed E-state index contributed by atoms with van der Waals surface area (Å²) in [5.41, 5.74) is 14.3. The molecule has 0 saturated carbocycles. The fourth-order valence-corrected chi connectivity index (χ4v) is 5.68. The second-order valence-corrected chi connectivity index (χ2v) is 13.1. The molecule has 5 rings (SSSR count). The molecule has 10 heteroatoms. The van der Waals surface area contributed by atoms with E-state index in [0.29, 0.717) is 42.2 Å². The molecule has 0 aliphatic carbocycles. The number of piperidine rings is 1. The van der Waals surface area contributed by atoms with E-state index in [1.807, 2.05) is 78.0 Å². The number of hydrogen-bond donors (Lipinski definition) is 2. The van der Waals surface area contributed by atoms with Crippen LogP contribution in [0.15, 0.2) is 73.1 Å². The van der Waals surface area contributed by atoms with Crippen molar-refractivity contribution in [2.45, 2.75) is 77.0 Å². The number of nitrogens with two attached hydrogens (primary N) is 2. The Morgan fingerprint density at radius 2 is 1.76 bits per heavy atom. The Labute approximate surface area is 265 Å². The maximum Gasteiger partial charge on any atom is 0.246 e. The summed E-state index contributed by atoms with van der Waals surface area (Å²) in [5, 5.41) is 5.70. The number of para-hydroxylation sites is 1. The van der Waals surface area contributed by atoms with Crippen LogP contribution in [0.2, 0.25) is 0 Å². The third kappa shape index (κ3) is 8.46. The second kappa shape index (κ2) is 13.8. The fourth-order valence-electron chi connectivity index (χ4n) is 5.68. The molecular weight excluding hydrogens is 566 g/mol. The number of ether oxygens (including phenoxy) is 2. The Morgan fingerprint density at radius 1 is 1.02 bits per heavy atom. The van der Waals surface area contributed by atoms with Crippen LogP contribution in [-0.2, 0) is 9.53 Å². The van der Waals surface area contributed by atoms with E-state index in [0.717, 1.165) is 49.2 Å². The van der Waals surface area contributed by atoms with Crippen LogP contribution in [0.1, 0.15) is 65.8 Å². The van der Waals surface area contributed by atoms with Crippen LogP contribution >= 0.6 is 0 Å². The molecule has 1 aliphatic heterocycles.